The van der Waals surface area contributed by atoms with Gasteiger partial charge in [0.2, 0.25) is 0 Å². The van der Waals surface area contributed by atoms with E-state index >= 15 is 0 Å². The van der Waals surface area contributed by atoms with Gasteiger partial charge in [-0.3, -0.25) is 0 Å². The molecule has 0 spiro atoms. The van der Waals surface area contributed by atoms with Crippen LogP contribution in [-0.2, 0) is 0 Å². The number of nitrogens with two attached hydrogens (primary N) is 1. The van der Waals surface area contributed by atoms with Crippen LogP contribution >= 0.6 is 0 Å². The van der Waals surface area contributed by atoms with Crippen LogP contribution in [0, 0.1) is 0 Å². The lowest BCUT2D eigenvalue weighted by atomic mass is 10.0. The molecule has 1 aliphatic carbocycles. The van der Waals surface area contributed by atoms with Crippen LogP contribution in [0.1, 0.15) is 79.6 Å². The van der Waals surface area contributed by atoms with Crippen molar-refractivity contribution in [3.8, 4) is 0 Å². The highest BCUT2D eigenvalue weighted by atomic mass is 14.5. The first kappa shape index (κ1) is 19.5. The van der Waals surface area contributed by atoms with E-state index in [1.54, 1.807) is 0 Å². The molecule has 0 saturated heterocycles. The minimum atomic E-state index is 0.750. The minimum absolute atomic E-state index is 0.750. The maximum absolute atomic E-state index is 4.85. The Morgan fingerprint density at radius 1 is 0.714 bits per heavy atom. The average Bonchev–Trinajstić information content (AvgIpc) is 2.26. The van der Waals surface area contributed by atoms with Crippen molar-refractivity contribution in [2.75, 3.05) is 6.54 Å². The molecule has 14 heavy (non-hydrogen) atoms. The Morgan fingerprint density at radius 3 is 0.857 bits per heavy atom. The first-order valence-electron chi connectivity index (χ1n) is 6.53. The summed E-state index contributed by atoms with van der Waals surface area (Å²) in [5.74, 6) is 0. The SMILES string of the molecule is C1CCCCC1.CC.CCC.CCN. The van der Waals surface area contributed by atoms with E-state index in [4.69, 9.17) is 5.73 Å². The molecule has 1 rings (SSSR count). The van der Waals surface area contributed by atoms with Gasteiger partial charge in [0.25, 0.3) is 0 Å². The Morgan fingerprint density at radius 2 is 0.786 bits per heavy atom. The minimum Gasteiger partial charge on any atom is -0.331 e. The van der Waals surface area contributed by atoms with Crippen molar-refractivity contribution in [2.45, 2.75) is 79.6 Å². The molecule has 0 radical (unpaired) electrons. The van der Waals surface area contributed by atoms with Crippen molar-refractivity contribution in [3.05, 3.63) is 0 Å². The van der Waals surface area contributed by atoms with Gasteiger partial charge in [0.1, 0.15) is 0 Å². The van der Waals surface area contributed by atoms with Crippen LogP contribution in [0.15, 0.2) is 0 Å². The van der Waals surface area contributed by atoms with Gasteiger partial charge in [-0.1, -0.05) is 79.6 Å². The number of hydrogen-bond acceptors (Lipinski definition) is 1. The zero-order valence-corrected chi connectivity index (χ0v) is 11.2. The van der Waals surface area contributed by atoms with Crippen molar-refractivity contribution >= 4 is 0 Å². The molecule has 2 N–H and O–H groups in total. The molecule has 0 aromatic heterocycles. The van der Waals surface area contributed by atoms with E-state index in [2.05, 4.69) is 13.8 Å². The molecule has 0 aromatic rings. The Balaban J connectivity index is -0.000000132. The molecule has 1 heteroatoms. The molecule has 0 bridgehead atoms. The summed E-state index contributed by atoms with van der Waals surface area (Å²) in [6.07, 6.45) is 10.2. The molecule has 0 amide bonds. The fourth-order valence-electron chi connectivity index (χ4n) is 1.06. The van der Waals surface area contributed by atoms with Gasteiger partial charge in [0.15, 0.2) is 0 Å². The van der Waals surface area contributed by atoms with Crippen LogP contribution in [0.5, 0.6) is 0 Å². The second-order valence-corrected chi connectivity index (χ2v) is 3.24. The summed E-state index contributed by atoms with van der Waals surface area (Å²) in [6, 6.07) is 0. The first-order valence-corrected chi connectivity index (χ1v) is 6.53. The van der Waals surface area contributed by atoms with E-state index in [1.807, 2.05) is 20.8 Å². The Hall–Kier alpha value is -0.0400. The maximum atomic E-state index is 4.85. The van der Waals surface area contributed by atoms with Crippen LogP contribution in [-0.4, -0.2) is 6.54 Å². The lowest BCUT2D eigenvalue weighted by Gasteiger charge is -2.05. The molecule has 0 unspecified atom stereocenters. The third kappa shape index (κ3) is 40.4. The summed E-state index contributed by atoms with van der Waals surface area (Å²) < 4.78 is 0. The molecule has 0 atom stereocenters. The molecule has 1 saturated carbocycles. The first-order chi connectivity index (χ1) is 6.83. The van der Waals surface area contributed by atoms with Gasteiger partial charge in [-0.25, -0.2) is 0 Å². The third-order valence-electron chi connectivity index (χ3n) is 1.50. The summed E-state index contributed by atoms with van der Waals surface area (Å²) in [6.45, 7) is 10.9. The summed E-state index contributed by atoms with van der Waals surface area (Å²) in [5, 5.41) is 0. The van der Waals surface area contributed by atoms with Crippen molar-refractivity contribution in [2.24, 2.45) is 5.73 Å². The van der Waals surface area contributed by atoms with Gasteiger partial charge in [-0.15, -0.1) is 0 Å². The van der Waals surface area contributed by atoms with Gasteiger partial charge >= 0.3 is 0 Å². The Labute approximate surface area is 92.5 Å². The van der Waals surface area contributed by atoms with Crippen molar-refractivity contribution < 1.29 is 0 Å². The van der Waals surface area contributed by atoms with E-state index < -0.39 is 0 Å². The predicted octanol–water partition coefficient (Wildman–Crippen LogP) is 4.75. The molecule has 1 aliphatic rings. The monoisotopic (exact) mass is 203 g/mol. The second-order valence-electron chi connectivity index (χ2n) is 3.24. The molecule has 1 fully saturated rings. The van der Waals surface area contributed by atoms with Gasteiger partial charge < -0.3 is 5.73 Å². The normalized spacial score (nSPS) is 13.3. The quantitative estimate of drug-likeness (QED) is 0.604. The fraction of sp³-hybridized carbons (Fsp3) is 1.00. The fourth-order valence-corrected chi connectivity index (χ4v) is 1.06. The molecule has 0 aliphatic heterocycles. The highest BCUT2D eigenvalue weighted by molar-refractivity contribution is 4.51. The molecule has 90 valence electrons. The molecular weight excluding hydrogens is 170 g/mol. The van der Waals surface area contributed by atoms with E-state index in [1.165, 1.54) is 44.9 Å². The lowest BCUT2D eigenvalue weighted by Crippen LogP contribution is -1.87. The topological polar surface area (TPSA) is 26.0 Å². The molecular formula is C13H33N. The van der Waals surface area contributed by atoms with Crippen LogP contribution in [0.25, 0.3) is 0 Å². The van der Waals surface area contributed by atoms with Crippen LogP contribution in [0.3, 0.4) is 0 Å². The van der Waals surface area contributed by atoms with E-state index in [9.17, 15) is 0 Å². The van der Waals surface area contributed by atoms with Gasteiger partial charge in [0, 0.05) is 0 Å². The van der Waals surface area contributed by atoms with Crippen LogP contribution in [0.2, 0.25) is 0 Å². The Bertz CT molecular complexity index is 35.7. The largest absolute Gasteiger partial charge is 0.331 e. The standard InChI is InChI=1S/C6H12.C3H8.C2H7N.C2H6/c1-2-4-6-5-3-1;1-3-2;1-2-3;1-2/h1-6H2;3H2,1-2H3;2-3H2,1H3;1-2H3. The molecule has 0 heterocycles. The van der Waals surface area contributed by atoms with Crippen molar-refractivity contribution in [1.82, 2.24) is 0 Å². The Kier molecular flexibility index (Phi) is 40.8. The van der Waals surface area contributed by atoms with E-state index in [-0.39, 0.29) is 0 Å². The zero-order chi connectivity index (χ0) is 11.7. The van der Waals surface area contributed by atoms with Crippen molar-refractivity contribution in [1.29, 1.82) is 0 Å². The molecule has 1 nitrogen and oxygen atoms in total. The zero-order valence-electron chi connectivity index (χ0n) is 11.2. The third-order valence-corrected chi connectivity index (χ3v) is 1.50. The highest BCUT2D eigenvalue weighted by Crippen LogP contribution is 2.15. The summed E-state index contributed by atoms with van der Waals surface area (Å²) >= 11 is 0. The summed E-state index contributed by atoms with van der Waals surface area (Å²) in [4.78, 5) is 0. The highest BCUT2D eigenvalue weighted by Gasteiger charge is 1.95. The summed E-state index contributed by atoms with van der Waals surface area (Å²) in [7, 11) is 0. The molecule has 0 aromatic carbocycles. The second kappa shape index (κ2) is 29.3. The number of hydrogen-bond donors (Lipinski definition) is 1. The van der Waals surface area contributed by atoms with E-state index in [0.717, 1.165) is 6.54 Å². The average molecular weight is 203 g/mol. The van der Waals surface area contributed by atoms with Gasteiger partial charge in [-0.05, 0) is 6.54 Å². The predicted molar refractivity (Wildman–Crippen MR) is 69.7 cm³/mol. The van der Waals surface area contributed by atoms with Gasteiger partial charge in [-0.2, -0.15) is 0 Å². The van der Waals surface area contributed by atoms with Crippen molar-refractivity contribution in [3.63, 3.8) is 0 Å². The lowest BCUT2D eigenvalue weighted by molar-refractivity contribution is 0.504. The maximum Gasteiger partial charge on any atom is -0.0106 e. The summed E-state index contributed by atoms with van der Waals surface area (Å²) in [5.41, 5.74) is 4.85. The van der Waals surface area contributed by atoms with Crippen LogP contribution < -0.4 is 5.73 Å². The number of rotatable bonds is 0. The smallest absolute Gasteiger partial charge is 0.0106 e. The van der Waals surface area contributed by atoms with Gasteiger partial charge in [0.05, 0.1) is 0 Å². The van der Waals surface area contributed by atoms with E-state index in [0.29, 0.717) is 0 Å². The van der Waals surface area contributed by atoms with Crippen LogP contribution in [0.4, 0.5) is 0 Å².